The molecule has 1 aromatic carbocycles. The zero-order valence-corrected chi connectivity index (χ0v) is 11.6. The third-order valence-corrected chi connectivity index (χ3v) is 4.34. The zero-order valence-electron chi connectivity index (χ0n) is 10.0. The van der Waals surface area contributed by atoms with E-state index < -0.39 is 5.60 Å². The van der Waals surface area contributed by atoms with Crippen LogP contribution < -0.4 is 0 Å². The number of hydrogen-bond acceptors (Lipinski definition) is 1. The molecule has 0 bridgehead atoms. The maximum Gasteiger partial charge on any atom is 0.0688 e. The van der Waals surface area contributed by atoms with Gasteiger partial charge in [0.15, 0.2) is 0 Å². The Labute approximate surface area is 113 Å². The Morgan fingerprint density at radius 3 is 2.59 bits per heavy atom. The number of aliphatic hydroxyl groups is 1. The molecule has 0 unspecified atom stereocenters. The van der Waals surface area contributed by atoms with Crippen molar-refractivity contribution in [3.8, 4) is 0 Å². The van der Waals surface area contributed by atoms with Crippen molar-refractivity contribution in [2.75, 3.05) is 0 Å². The van der Waals surface area contributed by atoms with Crippen LogP contribution in [0.25, 0.3) is 0 Å². The van der Waals surface area contributed by atoms with Gasteiger partial charge in [0, 0.05) is 16.5 Å². The molecule has 0 atom stereocenters. The number of halogens is 2. The van der Waals surface area contributed by atoms with Crippen LogP contribution in [0.4, 0.5) is 0 Å². The fraction of sp³-hybridized carbons (Fsp3) is 0.571. The highest BCUT2D eigenvalue weighted by Gasteiger charge is 2.32. The second-order valence-corrected chi connectivity index (χ2v) is 6.16. The third-order valence-electron chi connectivity index (χ3n) is 3.73. The molecule has 1 nitrogen and oxygen atoms in total. The van der Waals surface area contributed by atoms with Gasteiger partial charge in [-0.05, 0) is 55.4 Å². The van der Waals surface area contributed by atoms with Gasteiger partial charge in [0.1, 0.15) is 0 Å². The zero-order chi connectivity index (χ0) is 12.5. The molecule has 0 saturated heterocycles. The summed E-state index contributed by atoms with van der Waals surface area (Å²) in [6.07, 6.45) is 4.51. The molecule has 2 rings (SSSR count). The molecule has 0 radical (unpaired) electrons. The summed E-state index contributed by atoms with van der Waals surface area (Å²) in [7, 11) is 0. The number of rotatable bonds is 2. The van der Waals surface area contributed by atoms with Gasteiger partial charge in [-0.3, -0.25) is 0 Å². The van der Waals surface area contributed by atoms with Crippen LogP contribution in [-0.2, 0) is 6.42 Å². The van der Waals surface area contributed by atoms with Crippen LogP contribution >= 0.6 is 23.2 Å². The summed E-state index contributed by atoms with van der Waals surface area (Å²) in [6, 6.07) is 5.44. The second-order valence-electron chi connectivity index (χ2n) is 5.32. The quantitative estimate of drug-likeness (QED) is 0.842. The molecular formula is C14H18Cl2O. The lowest BCUT2D eigenvalue weighted by atomic mass is 9.76. The number of benzene rings is 1. The minimum Gasteiger partial charge on any atom is -0.390 e. The van der Waals surface area contributed by atoms with Crippen LogP contribution in [0.1, 0.15) is 38.2 Å². The first kappa shape index (κ1) is 13.2. The summed E-state index contributed by atoms with van der Waals surface area (Å²) in [5.74, 6) is 0.727. The lowest BCUT2D eigenvalue weighted by molar-refractivity contribution is -0.00665. The van der Waals surface area contributed by atoms with Gasteiger partial charge in [-0.15, -0.1) is 0 Å². The minimum absolute atomic E-state index is 0.596. The molecular weight excluding hydrogens is 255 g/mol. The van der Waals surface area contributed by atoms with Gasteiger partial charge in [0.25, 0.3) is 0 Å². The van der Waals surface area contributed by atoms with E-state index in [4.69, 9.17) is 23.2 Å². The Kier molecular flexibility index (Phi) is 4.02. The Balaban J connectivity index is 2.12. The van der Waals surface area contributed by atoms with Crippen molar-refractivity contribution >= 4 is 23.2 Å². The summed E-state index contributed by atoms with van der Waals surface area (Å²) in [6.45, 7) is 2.24. The van der Waals surface area contributed by atoms with Gasteiger partial charge in [0.05, 0.1) is 5.60 Å². The van der Waals surface area contributed by atoms with Gasteiger partial charge in [-0.2, -0.15) is 0 Å². The highest BCUT2D eigenvalue weighted by molar-refractivity contribution is 6.33. The molecule has 0 heterocycles. The first-order chi connectivity index (χ1) is 7.98. The van der Waals surface area contributed by atoms with Gasteiger partial charge < -0.3 is 5.11 Å². The summed E-state index contributed by atoms with van der Waals surface area (Å²) in [5, 5.41) is 11.9. The molecule has 1 saturated carbocycles. The molecule has 3 heteroatoms. The van der Waals surface area contributed by atoms with Crippen LogP contribution in [-0.4, -0.2) is 10.7 Å². The van der Waals surface area contributed by atoms with Crippen LogP contribution in [0, 0.1) is 5.92 Å². The maximum atomic E-state index is 10.6. The lowest BCUT2D eigenvalue weighted by Crippen LogP contribution is -2.35. The fourth-order valence-corrected chi connectivity index (χ4v) is 2.89. The predicted molar refractivity (Wildman–Crippen MR) is 72.7 cm³/mol. The SMILES string of the molecule is CC1CCC(O)(Cc2cc(Cl)ccc2Cl)CC1. The van der Waals surface area contributed by atoms with Gasteiger partial charge in [-0.1, -0.05) is 30.1 Å². The summed E-state index contributed by atoms with van der Waals surface area (Å²) in [4.78, 5) is 0. The van der Waals surface area contributed by atoms with Crippen LogP contribution in [0.15, 0.2) is 18.2 Å². The van der Waals surface area contributed by atoms with Crippen molar-refractivity contribution in [1.82, 2.24) is 0 Å². The molecule has 1 aromatic rings. The fourth-order valence-electron chi connectivity index (χ4n) is 2.51. The van der Waals surface area contributed by atoms with E-state index in [0.717, 1.165) is 37.2 Å². The van der Waals surface area contributed by atoms with E-state index in [2.05, 4.69) is 6.92 Å². The number of hydrogen-bond donors (Lipinski definition) is 1. The van der Waals surface area contributed by atoms with Crippen molar-refractivity contribution in [1.29, 1.82) is 0 Å². The summed E-state index contributed by atoms with van der Waals surface area (Å²) < 4.78 is 0. The van der Waals surface area contributed by atoms with Crippen LogP contribution in [0.2, 0.25) is 10.0 Å². The lowest BCUT2D eigenvalue weighted by Gasteiger charge is -2.35. The maximum absolute atomic E-state index is 10.6. The predicted octanol–water partition coefficient (Wildman–Crippen LogP) is 4.48. The second kappa shape index (κ2) is 5.17. The highest BCUT2D eigenvalue weighted by Crippen LogP contribution is 2.36. The molecule has 0 amide bonds. The van der Waals surface area contributed by atoms with Crippen molar-refractivity contribution in [2.24, 2.45) is 5.92 Å². The van der Waals surface area contributed by atoms with Crippen molar-refractivity contribution in [2.45, 2.75) is 44.6 Å². The van der Waals surface area contributed by atoms with E-state index in [9.17, 15) is 5.11 Å². The average molecular weight is 273 g/mol. The van der Waals surface area contributed by atoms with Crippen molar-refractivity contribution < 1.29 is 5.11 Å². The molecule has 0 aliphatic heterocycles. The summed E-state index contributed by atoms with van der Waals surface area (Å²) >= 11 is 12.1. The van der Waals surface area contributed by atoms with Crippen molar-refractivity contribution in [3.63, 3.8) is 0 Å². The monoisotopic (exact) mass is 272 g/mol. The van der Waals surface area contributed by atoms with E-state index in [1.165, 1.54) is 0 Å². The Bertz CT molecular complexity index is 395. The molecule has 1 aliphatic rings. The molecule has 17 heavy (non-hydrogen) atoms. The molecule has 0 aromatic heterocycles. The topological polar surface area (TPSA) is 20.2 Å². The average Bonchev–Trinajstić information content (AvgIpc) is 2.28. The minimum atomic E-state index is -0.596. The standard InChI is InChI=1S/C14H18Cl2O/c1-10-4-6-14(17,7-5-10)9-11-8-12(15)2-3-13(11)16/h2-3,8,10,17H,4-7,9H2,1H3. The van der Waals surface area contributed by atoms with Crippen LogP contribution in [0.3, 0.4) is 0 Å². The van der Waals surface area contributed by atoms with Crippen LogP contribution in [0.5, 0.6) is 0 Å². The van der Waals surface area contributed by atoms with Gasteiger partial charge in [0.2, 0.25) is 0 Å². The highest BCUT2D eigenvalue weighted by atomic mass is 35.5. The van der Waals surface area contributed by atoms with E-state index in [1.54, 1.807) is 12.1 Å². The Morgan fingerprint density at radius 2 is 1.94 bits per heavy atom. The summed E-state index contributed by atoms with van der Waals surface area (Å²) in [5.41, 5.74) is 0.358. The third kappa shape index (κ3) is 3.37. The largest absolute Gasteiger partial charge is 0.390 e. The first-order valence-corrected chi connectivity index (χ1v) is 6.90. The molecule has 94 valence electrons. The molecule has 0 spiro atoms. The normalized spacial score (nSPS) is 29.3. The van der Waals surface area contributed by atoms with E-state index in [0.29, 0.717) is 16.5 Å². The smallest absolute Gasteiger partial charge is 0.0688 e. The van der Waals surface area contributed by atoms with Crippen molar-refractivity contribution in [3.05, 3.63) is 33.8 Å². The molecule has 1 N–H and O–H groups in total. The van der Waals surface area contributed by atoms with E-state index in [1.807, 2.05) is 6.07 Å². The Hall–Kier alpha value is -0.240. The molecule has 1 fully saturated rings. The Morgan fingerprint density at radius 1 is 1.29 bits per heavy atom. The van der Waals surface area contributed by atoms with E-state index in [-0.39, 0.29) is 0 Å². The first-order valence-electron chi connectivity index (χ1n) is 6.15. The van der Waals surface area contributed by atoms with Gasteiger partial charge >= 0.3 is 0 Å². The van der Waals surface area contributed by atoms with E-state index >= 15 is 0 Å². The van der Waals surface area contributed by atoms with Gasteiger partial charge in [-0.25, -0.2) is 0 Å². The molecule has 1 aliphatic carbocycles.